The summed E-state index contributed by atoms with van der Waals surface area (Å²) in [4.78, 5) is 10.9. The minimum absolute atomic E-state index is 0.175. The number of benzene rings is 1. The Labute approximate surface area is 100 Å². The molecule has 1 aliphatic rings. The van der Waals surface area contributed by atoms with Gasteiger partial charge in [-0.2, -0.15) is 0 Å². The molecule has 0 saturated heterocycles. The van der Waals surface area contributed by atoms with Crippen molar-refractivity contribution in [1.29, 1.82) is 0 Å². The van der Waals surface area contributed by atoms with E-state index in [2.05, 4.69) is 46.2 Å². The first-order chi connectivity index (χ1) is 8.27. The Morgan fingerprint density at radius 3 is 2.76 bits per heavy atom. The molecule has 0 amide bonds. The summed E-state index contributed by atoms with van der Waals surface area (Å²) in [5.74, 6) is 1.75. The highest BCUT2D eigenvalue weighted by molar-refractivity contribution is 5.77. The monoisotopic (exact) mass is 226 g/mol. The normalized spacial score (nSPS) is 17.8. The third kappa shape index (κ3) is 1.53. The number of hydrogen-bond acceptors (Lipinski definition) is 4. The highest BCUT2D eigenvalue weighted by Gasteiger charge is 2.29. The lowest BCUT2D eigenvalue weighted by Crippen LogP contribution is -2.29. The first kappa shape index (κ1) is 10.1. The van der Waals surface area contributed by atoms with E-state index < -0.39 is 0 Å². The van der Waals surface area contributed by atoms with Gasteiger partial charge in [0, 0.05) is 18.1 Å². The summed E-state index contributed by atoms with van der Waals surface area (Å²) in [7, 11) is 0. The molecule has 0 bridgehead atoms. The van der Waals surface area contributed by atoms with Gasteiger partial charge in [0.2, 0.25) is 0 Å². The molecule has 0 saturated carbocycles. The average Bonchev–Trinajstić information content (AvgIpc) is 2.66. The van der Waals surface area contributed by atoms with Crippen molar-refractivity contribution in [3.8, 4) is 0 Å². The van der Waals surface area contributed by atoms with Gasteiger partial charge < -0.3 is 10.2 Å². The molecule has 0 spiro atoms. The quantitative estimate of drug-likeness (QED) is 0.811. The molecule has 4 heteroatoms. The van der Waals surface area contributed by atoms with Crippen molar-refractivity contribution in [2.45, 2.75) is 20.0 Å². The summed E-state index contributed by atoms with van der Waals surface area (Å²) in [5.41, 5.74) is 2.41. The van der Waals surface area contributed by atoms with Crippen molar-refractivity contribution in [3.63, 3.8) is 0 Å². The van der Waals surface area contributed by atoms with E-state index in [-0.39, 0.29) is 6.17 Å². The summed E-state index contributed by atoms with van der Waals surface area (Å²) < 4.78 is 0. The van der Waals surface area contributed by atoms with Gasteiger partial charge in [0.15, 0.2) is 11.6 Å². The molecule has 2 aromatic rings. The molecule has 4 nitrogen and oxygen atoms in total. The molecule has 86 valence electrons. The van der Waals surface area contributed by atoms with Crippen LogP contribution in [-0.2, 0) is 0 Å². The number of anilines is 3. The average molecular weight is 226 g/mol. The molecule has 0 aliphatic carbocycles. The second-order valence-corrected chi connectivity index (χ2v) is 4.21. The lowest BCUT2D eigenvalue weighted by molar-refractivity contribution is 0.831. The lowest BCUT2D eigenvalue weighted by Gasteiger charge is -2.24. The van der Waals surface area contributed by atoms with Crippen LogP contribution in [0.1, 0.15) is 12.5 Å². The van der Waals surface area contributed by atoms with Gasteiger partial charge in [0.25, 0.3) is 0 Å². The maximum atomic E-state index is 4.41. The minimum Gasteiger partial charge on any atom is -0.347 e. The number of aryl methyl sites for hydroxylation is 1. The molecule has 1 N–H and O–H groups in total. The molecular formula is C13H14N4. The van der Waals surface area contributed by atoms with E-state index in [9.17, 15) is 0 Å². The zero-order valence-corrected chi connectivity index (χ0v) is 9.88. The van der Waals surface area contributed by atoms with Crippen molar-refractivity contribution >= 4 is 17.3 Å². The minimum atomic E-state index is 0.175. The molecule has 3 rings (SSSR count). The molecule has 2 heterocycles. The zero-order chi connectivity index (χ0) is 11.8. The van der Waals surface area contributed by atoms with Gasteiger partial charge in [-0.05, 0) is 25.5 Å². The summed E-state index contributed by atoms with van der Waals surface area (Å²) in [5, 5.41) is 3.33. The van der Waals surface area contributed by atoms with E-state index in [1.807, 2.05) is 12.1 Å². The predicted octanol–water partition coefficient (Wildman–Crippen LogP) is 2.69. The first-order valence-electron chi connectivity index (χ1n) is 5.70. The summed E-state index contributed by atoms with van der Waals surface area (Å²) in [6, 6.07) is 8.31. The van der Waals surface area contributed by atoms with Crippen LogP contribution in [0, 0.1) is 6.92 Å². The molecule has 0 radical (unpaired) electrons. The van der Waals surface area contributed by atoms with Crippen molar-refractivity contribution in [2.75, 3.05) is 10.2 Å². The van der Waals surface area contributed by atoms with E-state index in [0.29, 0.717) is 0 Å². The number of rotatable bonds is 1. The SMILES string of the molecule is Cc1ccccc1N1c2nccnc2N[C@@H]1C. The van der Waals surface area contributed by atoms with Gasteiger partial charge in [-0.25, -0.2) is 9.97 Å². The Hall–Kier alpha value is -2.10. The van der Waals surface area contributed by atoms with Crippen LogP contribution in [0.2, 0.25) is 0 Å². The molecule has 1 aromatic carbocycles. The number of aromatic nitrogens is 2. The second kappa shape index (κ2) is 3.73. The van der Waals surface area contributed by atoms with Crippen molar-refractivity contribution in [2.24, 2.45) is 0 Å². The van der Waals surface area contributed by atoms with Crippen LogP contribution in [0.3, 0.4) is 0 Å². The zero-order valence-electron chi connectivity index (χ0n) is 9.88. The maximum absolute atomic E-state index is 4.41. The first-order valence-corrected chi connectivity index (χ1v) is 5.70. The Kier molecular flexibility index (Phi) is 2.21. The summed E-state index contributed by atoms with van der Waals surface area (Å²) >= 11 is 0. The molecular weight excluding hydrogens is 212 g/mol. The van der Waals surface area contributed by atoms with Crippen LogP contribution in [0.15, 0.2) is 36.7 Å². The van der Waals surface area contributed by atoms with Crippen molar-refractivity contribution in [3.05, 3.63) is 42.2 Å². The smallest absolute Gasteiger partial charge is 0.178 e. The number of nitrogens with zero attached hydrogens (tertiary/aromatic N) is 3. The topological polar surface area (TPSA) is 41.1 Å². The fourth-order valence-electron chi connectivity index (χ4n) is 2.21. The second-order valence-electron chi connectivity index (χ2n) is 4.21. The molecule has 1 aliphatic heterocycles. The lowest BCUT2D eigenvalue weighted by atomic mass is 10.2. The number of fused-ring (bicyclic) bond motifs is 1. The fraction of sp³-hybridized carbons (Fsp3) is 0.231. The van der Waals surface area contributed by atoms with E-state index in [1.165, 1.54) is 11.3 Å². The molecule has 0 fully saturated rings. The Morgan fingerprint density at radius 1 is 1.18 bits per heavy atom. The van der Waals surface area contributed by atoms with Gasteiger partial charge in [0.05, 0.1) is 0 Å². The summed E-state index contributed by atoms with van der Waals surface area (Å²) in [6.07, 6.45) is 3.61. The largest absolute Gasteiger partial charge is 0.347 e. The third-order valence-electron chi connectivity index (χ3n) is 3.02. The highest BCUT2D eigenvalue weighted by Crippen LogP contribution is 2.37. The van der Waals surface area contributed by atoms with Crippen LogP contribution >= 0.6 is 0 Å². The molecule has 0 unspecified atom stereocenters. The van der Waals surface area contributed by atoms with Crippen molar-refractivity contribution < 1.29 is 0 Å². The molecule has 17 heavy (non-hydrogen) atoms. The van der Waals surface area contributed by atoms with E-state index >= 15 is 0 Å². The highest BCUT2D eigenvalue weighted by atomic mass is 15.4. The Balaban J connectivity index is 2.13. The van der Waals surface area contributed by atoms with Gasteiger partial charge >= 0.3 is 0 Å². The van der Waals surface area contributed by atoms with Gasteiger partial charge in [-0.1, -0.05) is 18.2 Å². The van der Waals surface area contributed by atoms with Gasteiger partial charge in [-0.3, -0.25) is 0 Å². The van der Waals surface area contributed by atoms with Crippen LogP contribution < -0.4 is 10.2 Å². The van der Waals surface area contributed by atoms with Crippen LogP contribution in [0.5, 0.6) is 0 Å². The Morgan fingerprint density at radius 2 is 1.94 bits per heavy atom. The van der Waals surface area contributed by atoms with Crippen LogP contribution in [-0.4, -0.2) is 16.1 Å². The van der Waals surface area contributed by atoms with Crippen molar-refractivity contribution in [1.82, 2.24) is 9.97 Å². The van der Waals surface area contributed by atoms with Gasteiger partial charge in [-0.15, -0.1) is 0 Å². The third-order valence-corrected chi connectivity index (χ3v) is 3.02. The maximum Gasteiger partial charge on any atom is 0.178 e. The van der Waals surface area contributed by atoms with Crippen LogP contribution in [0.25, 0.3) is 0 Å². The molecule has 1 aromatic heterocycles. The molecule has 1 atom stereocenters. The predicted molar refractivity (Wildman–Crippen MR) is 68.4 cm³/mol. The fourth-order valence-corrected chi connectivity index (χ4v) is 2.21. The van der Waals surface area contributed by atoms with E-state index in [0.717, 1.165) is 11.6 Å². The van der Waals surface area contributed by atoms with E-state index in [1.54, 1.807) is 12.4 Å². The number of hydrogen-bond donors (Lipinski definition) is 1. The van der Waals surface area contributed by atoms with Crippen LogP contribution in [0.4, 0.5) is 17.3 Å². The standard InChI is InChI=1S/C13H14N4/c1-9-5-3-4-6-11(9)17-10(2)16-12-13(17)15-8-7-14-12/h3-8,10H,1-2H3,(H,14,16)/t10-/m0/s1. The number of nitrogens with one attached hydrogen (secondary N) is 1. The van der Waals surface area contributed by atoms with Gasteiger partial charge in [0.1, 0.15) is 6.17 Å². The van der Waals surface area contributed by atoms with E-state index in [4.69, 9.17) is 0 Å². The summed E-state index contributed by atoms with van der Waals surface area (Å²) in [6.45, 7) is 4.21. The number of para-hydroxylation sites is 1. The Bertz CT molecular complexity index is 553.